The predicted octanol–water partition coefficient (Wildman–Crippen LogP) is 0.0632. The quantitative estimate of drug-likeness (QED) is 0.701. The van der Waals surface area contributed by atoms with E-state index < -0.39 is 10.0 Å². The van der Waals surface area contributed by atoms with Crippen molar-refractivity contribution in [1.82, 2.24) is 9.80 Å². The molecule has 2 aliphatic heterocycles. The summed E-state index contributed by atoms with van der Waals surface area (Å²) in [5.74, 6) is -0.162. The molecular weight excluding hydrogens is 368 g/mol. The number of anilines is 2. The molecule has 0 spiro atoms. The molecule has 1 aromatic carbocycles. The van der Waals surface area contributed by atoms with Crippen molar-refractivity contribution in [3.63, 3.8) is 0 Å². The molecule has 3 rings (SSSR count). The molecule has 8 nitrogen and oxygen atoms in total. The van der Waals surface area contributed by atoms with Crippen LogP contribution < -0.4 is 9.21 Å². The van der Waals surface area contributed by atoms with E-state index in [0.717, 1.165) is 25.0 Å². The van der Waals surface area contributed by atoms with Gasteiger partial charge in [-0.15, -0.1) is 0 Å². The van der Waals surface area contributed by atoms with Crippen molar-refractivity contribution in [3.05, 3.63) is 24.3 Å². The molecule has 0 aliphatic carbocycles. The Morgan fingerprint density at radius 3 is 2.33 bits per heavy atom. The minimum absolute atomic E-state index is 0.162. The number of piperazine rings is 1. The number of likely N-dealkylation sites (N-methyl/N-ethyl adjacent to an activating group) is 1. The molecule has 1 aromatic rings. The highest BCUT2D eigenvalue weighted by Gasteiger charge is 2.28. The first-order valence-electron chi connectivity index (χ1n) is 9.22. The molecule has 150 valence electrons. The second-order valence-electron chi connectivity index (χ2n) is 7.04. The summed E-state index contributed by atoms with van der Waals surface area (Å²) in [4.78, 5) is 18.8. The van der Waals surface area contributed by atoms with Crippen LogP contribution in [0.4, 0.5) is 11.4 Å². The molecule has 0 bridgehead atoms. The molecule has 2 heterocycles. The summed E-state index contributed by atoms with van der Waals surface area (Å²) in [7, 11) is -1.59. The summed E-state index contributed by atoms with van der Waals surface area (Å²) in [6, 6.07) is 7.36. The van der Waals surface area contributed by atoms with E-state index >= 15 is 0 Å². The summed E-state index contributed by atoms with van der Waals surface area (Å²) >= 11 is 0. The van der Waals surface area contributed by atoms with Gasteiger partial charge in [0.05, 0.1) is 30.8 Å². The van der Waals surface area contributed by atoms with Crippen molar-refractivity contribution in [1.29, 1.82) is 0 Å². The van der Waals surface area contributed by atoms with Crippen LogP contribution in [0, 0.1) is 0 Å². The highest BCUT2D eigenvalue weighted by Crippen LogP contribution is 2.31. The van der Waals surface area contributed by atoms with Crippen LogP contribution in [0.5, 0.6) is 0 Å². The Hall–Kier alpha value is -1.84. The van der Waals surface area contributed by atoms with Gasteiger partial charge in [0.1, 0.15) is 6.54 Å². The van der Waals surface area contributed by atoms with Gasteiger partial charge in [-0.1, -0.05) is 12.1 Å². The Morgan fingerprint density at radius 1 is 1.07 bits per heavy atom. The lowest BCUT2D eigenvalue weighted by Crippen LogP contribution is -2.51. The van der Waals surface area contributed by atoms with E-state index in [0.29, 0.717) is 45.1 Å². The molecule has 2 fully saturated rings. The lowest BCUT2D eigenvalue weighted by atomic mass is 10.2. The maximum Gasteiger partial charge on any atom is 0.243 e. The van der Waals surface area contributed by atoms with Gasteiger partial charge in [0.2, 0.25) is 15.9 Å². The van der Waals surface area contributed by atoms with E-state index in [1.165, 1.54) is 4.31 Å². The molecule has 27 heavy (non-hydrogen) atoms. The van der Waals surface area contributed by atoms with Crippen LogP contribution in [-0.4, -0.2) is 96.5 Å². The molecule has 1 amide bonds. The molecule has 2 aliphatic rings. The Labute approximate surface area is 161 Å². The first kappa shape index (κ1) is 19.9. The van der Waals surface area contributed by atoms with Crippen molar-refractivity contribution in [3.8, 4) is 0 Å². The number of amides is 1. The molecular formula is C18H28N4O4S. The van der Waals surface area contributed by atoms with Crippen molar-refractivity contribution in [2.45, 2.75) is 0 Å². The third kappa shape index (κ3) is 4.91. The van der Waals surface area contributed by atoms with Crippen LogP contribution in [0.25, 0.3) is 0 Å². The minimum atomic E-state index is -3.61. The first-order chi connectivity index (χ1) is 12.9. The summed E-state index contributed by atoms with van der Waals surface area (Å²) in [5, 5.41) is 0. The standard InChI is InChI=1S/C18H28N4O4S/c1-19-7-9-21(10-8-19)18(23)15-22(27(2,24)25)17-6-4-3-5-16(17)20-11-13-26-14-12-20/h3-6H,7-15H2,1-2H3. The largest absolute Gasteiger partial charge is 0.378 e. The van der Waals surface area contributed by atoms with Crippen LogP contribution in [0.15, 0.2) is 24.3 Å². The maximum atomic E-state index is 12.8. The van der Waals surface area contributed by atoms with Crippen LogP contribution in [0.3, 0.4) is 0 Å². The number of ether oxygens (including phenoxy) is 1. The van der Waals surface area contributed by atoms with E-state index in [4.69, 9.17) is 4.74 Å². The lowest BCUT2D eigenvalue weighted by molar-refractivity contribution is -0.131. The zero-order valence-corrected chi connectivity index (χ0v) is 16.8. The average molecular weight is 397 g/mol. The summed E-state index contributed by atoms with van der Waals surface area (Å²) in [6.45, 7) is 5.27. The monoisotopic (exact) mass is 396 g/mol. The molecule has 9 heteroatoms. The van der Waals surface area contributed by atoms with Crippen molar-refractivity contribution in [2.24, 2.45) is 0 Å². The van der Waals surface area contributed by atoms with Gasteiger partial charge in [-0.2, -0.15) is 0 Å². The van der Waals surface area contributed by atoms with Crippen molar-refractivity contribution < 1.29 is 17.9 Å². The molecule has 0 saturated carbocycles. The van der Waals surface area contributed by atoms with Gasteiger partial charge in [0.25, 0.3) is 0 Å². The number of morpholine rings is 1. The Kier molecular flexibility index (Phi) is 6.23. The van der Waals surface area contributed by atoms with Crippen LogP contribution in [0.2, 0.25) is 0 Å². The van der Waals surface area contributed by atoms with E-state index in [1.807, 2.05) is 19.2 Å². The number of sulfonamides is 1. The van der Waals surface area contributed by atoms with Crippen LogP contribution in [-0.2, 0) is 19.6 Å². The fourth-order valence-corrected chi connectivity index (χ4v) is 4.26. The van der Waals surface area contributed by atoms with Crippen molar-refractivity contribution >= 4 is 27.3 Å². The van der Waals surface area contributed by atoms with Gasteiger partial charge in [-0.3, -0.25) is 9.10 Å². The zero-order chi connectivity index (χ0) is 19.4. The molecule has 0 atom stereocenters. The molecule has 0 aromatic heterocycles. The minimum Gasteiger partial charge on any atom is -0.378 e. The number of hydrogen-bond donors (Lipinski definition) is 0. The van der Waals surface area contributed by atoms with Gasteiger partial charge in [-0.05, 0) is 19.2 Å². The topological polar surface area (TPSA) is 73.4 Å². The van der Waals surface area contributed by atoms with Crippen LogP contribution >= 0.6 is 0 Å². The van der Waals surface area contributed by atoms with Gasteiger partial charge >= 0.3 is 0 Å². The average Bonchev–Trinajstić information content (AvgIpc) is 2.66. The zero-order valence-electron chi connectivity index (χ0n) is 16.0. The second kappa shape index (κ2) is 8.45. The third-order valence-electron chi connectivity index (χ3n) is 5.04. The summed E-state index contributed by atoms with van der Waals surface area (Å²) in [5.41, 5.74) is 1.36. The summed E-state index contributed by atoms with van der Waals surface area (Å²) in [6.07, 6.45) is 1.15. The Morgan fingerprint density at radius 2 is 1.70 bits per heavy atom. The first-order valence-corrected chi connectivity index (χ1v) is 11.1. The highest BCUT2D eigenvalue weighted by atomic mass is 32.2. The molecule has 0 N–H and O–H groups in total. The third-order valence-corrected chi connectivity index (χ3v) is 6.16. The number of benzene rings is 1. The van der Waals surface area contributed by atoms with E-state index in [-0.39, 0.29) is 12.5 Å². The molecule has 0 radical (unpaired) electrons. The Bertz CT molecular complexity index is 756. The van der Waals surface area contributed by atoms with E-state index in [1.54, 1.807) is 17.0 Å². The van der Waals surface area contributed by atoms with Gasteiger partial charge < -0.3 is 19.4 Å². The summed E-state index contributed by atoms with van der Waals surface area (Å²) < 4.78 is 31.7. The number of carbonyl (C=O) groups is 1. The normalized spacial score (nSPS) is 19.2. The molecule has 0 unspecified atom stereocenters. The van der Waals surface area contributed by atoms with Gasteiger partial charge in [-0.25, -0.2) is 8.42 Å². The fraction of sp³-hybridized carbons (Fsp3) is 0.611. The number of hydrogen-bond acceptors (Lipinski definition) is 6. The van der Waals surface area contributed by atoms with Crippen LogP contribution in [0.1, 0.15) is 0 Å². The fourth-order valence-electron chi connectivity index (χ4n) is 3.41. The SMILES string of the molecule is CN1CCN(C(=O)CN(c2ccccc2N2CCOCC2)S(C)(=O)=O)CC1. The van der Waals surface area contributed by atoms with Gasteiger partial charge in [0.15, 0.2) is 0 Å². The van der Waals surface area contributed by atoms with Gasteiger partial charge in [0, 0.05) is 39.3 Å². The highest BCUT2D eigenvalue weighted by molar-refractivity contribution is 7.92. The smallest absolute Gasteiger partial charge is 0.243 e. The van der Waals surface area contributed by atoms with E-state index in [9.17, 15) is 13.2 Å². The second-order valence-corrected chi connectivity index (χ2v) is 8.95. The number of nitrogens with zero attached hydrogens (tertiary/aromatic N) is 4. The Balaban J connectivity index is 1.84. The number of rotatable bonds is 5. The molecule has 2 saturated heterocycles. The maximum absolute atomic E-state index is 12.8. The number of carbonyl (C=O) groups excluding carboxylic acids is 1. The lowest BCUT2D eigenvalue weighted by Gasteiger charge is -2.35. The van der Waals surface area contributed by atoms with Crippen molar-refractivity contribution in [2.75, 3.05) is 81.5 Å². The predicted molar refractivity (Wildman–Crippen MR) is 106 cm³/mol. The number of para-hydroxylation sites is 2. The van der Waals surface area contributed by atoms with E-state index in [2.05, 4.69) is 9.80 Å².